The van der Waals surface area contributed by atoms with Gasteiger partial charge in [-0.3, -0.25) is 0 Å². The zero-order valence-electron chi connectivity index (χ0n) is 15.1. The number of ether oxygens (including phenoxy) is 4. The molecule has 0 atom stereocenters. The summed E-state index contributed by atoms with van der Waals surface area (Å²) in [5.41, 5.74) is 0. The normalized spacial score (nSPS) is 10.3. The molecule has 1 aromatic carbocycles. The minimum atomic E-state index is -0.575. The van der Waals surface area contributed by atoms with Crippen LogP contribution in [0.15, 0.2) is 24.3 Å². The molecule has 0 unspecified atom stereocenters. The van der Waals surface area contributed by atoms with Gasteiger partial charge in [0.25, 0.3) is 0 Å². The van der Waals surface area contributed by atoms with Crippen molar-refractivity contribution in [3.8, 4) is 11.5 Å². The van der Waals surface area contributed by atoms with E-state index in [1.54, 1.807) is 31.4 Å². The molecule has 0 fully saturated rings. The van der Waals surface area contributed by atoms with Crippen molar-refractivity contribution in [3.63, 3.8) is 0 Å². The third-order valence-corrected chi connectivity index (χ3v) is 3.49. The van der Waals surface area contributed by atoms with Crippen LogP contribution >= 0.6 is 0 Å². The summed E-state index contributed by atoms with van der Waals surface area (Å²) >= 11 is 0. The lowest BCUT2D eigenvalue weighted by Crippen LogP contribution is -2.20. The van der Waals surface area contributed by atoms with Gasteiger partial charge < -0.3 is 18.9 Å². The predicted molar refractivity (Wildman–Crippen MR) is 93.8 cm³/mol. The first-order chi connectivity index (χ1) is 12.2. The SMILES string of the molecule is CCCCCCCCOC(=O)COCC(=O)Oc1ccc(OC)cc1. The van der Waals surface area contributed by atoms with Crippen molar-refractivity contribution in [1.82, 2.24) is 0 Å². The van der Waals surface area contributed by atoms with E-state index in [9.17, 15) is 9.59 Å². The second-order valence-electron chi connectivity index (χ2n) is 5.63. The summed E-state index contributed by atoms with van der Waals surface area (Å²) in [6, 6.07) is 6.60. The number of methoxy groups -OCH3 is 1. The fourth-order valence-corrected chi connectivity index (χ4v) is 2.13. The molecule has 0 aliphatic rings. The Morgan fingerprint density at radius 2 is 1.44 bits per heavy atom. The first kappa shape index (κ1) is 21.0. The highest BCUT2D eigenvalue weighted by molar-refractivity contribution is 5.75. The van der Waals surface area contributed by atoms with E-state index in [4.69, 9.17) is 18.9 Å². The molecule has 0 saturated carbocycles. The minimum absolute atomic E-state index is 0.256. The first-order valence-electron chi connectivity index (χ1n) is 8.73. The average Bonchev–Trinajstić information content (AvgIpc) is 2.61. The molecule has 6 heteroatoms. The molecule has 0 aliphatic heterocycles. The van der Waals surface area contributed by atoms with Crippen LogP contribution in [0.5, 0.6) is 11.5 Å². The van der Waals surface area contributed by atoms with Crippen molar-refractivity contribution in [1.29, 1.82) is 0 Å². The van der Waals surface area contributed by atoms with E-state index in [2.05, 4.69) is 6.92 Å². The molecule has 0 spiro atoms. The average molecular weight is 352 g/mol. The molecule has 25 heavy (non-hydrogen) atoms. The quantitative estimate of drug-likeness (QED) is 0.307. The van der Waals surface area contributed by atoms with Crippen LogP contribution in [0.2, 0.25) is 0 Å². The van der Waals surface area contributed by atoms with E-state index >= 15 is 0 Å². The third kappa shape index (κ3) is 10.4. The fraction of sp³-hybridized carbons (Fsp3) is 0.579. The summed E-state index contributed by atoms with van der Waals surface area (Å²) in [5, 5.41) is 0. The maximum Gasteiger partial charge on any atom is 0.337 e. The Labute approximate surface area is 149 Å². The molecule has 0 bridgehead atoms. The van der Waals surface area contributed by atoms with Gasteiger partial charge in [-0.15, -0.1) is 0 Å². The number of hydrogen-bond donors (Lipinski definition) is 0. The number of carbonyl (C=O) groups excluding carboxylic acids is 2. The van der Waals surface area contributed by atoms with Crippen molar-refractivity contribution >= 4 is 11.9 Å². The van der Waals surface area contributed by atoms with Crippen LogP contribution in [0.25, 0.3) is 0 Å². The van der Waals surface area contributed by atoms with Crippen molar-refractivity contribution in [3.05, 3.63) is 24.3 Å². The smallest absolute Gasteiger partial charge is 0.337 e. The highest BCUT2D eigenvalue weighted by atomic mass is 16.6. The second kappa shape index (κ2) is 13.2. The summed E-state index contributed by atoms with van der Waals surface area (Å²) in [7, 11) is 1.56. The predicted octanol–water partition coefficient (Wildman–Crippen LogP) is 3.52. The van der Waals surface area contributed by atoms with Gasteiger partial charge >= 0.3 is 11.9 Å². The van der Waals surface area contributed by atoms with Crippen LogP contribution < -0.4 is 9.47 Å². The second-order valence-corrected chi connectivity index (χ2v) is 5.63. The van der Waals surface area contributed by atoms with Gasteiger partial charge in [-0.2, -0.15) is 0 Å². The van der Waals surface area contributed by atoms with Crippen LogP contribution in [0.1, 0.15) is 45.4 Å². The van der Waals surface area contributed by atoms with Crippen LogP contribution in [0.3, 0.4) is 0 Å². The molecule has 0 heterocycles. The van der Waals surface area contributed by atoms with E-state index in [0.717, 1.165) is 12.8 Å². The zero-order chi connectivity index (χ0) is 18.3. The highest BCUT2D eigenvalue weighted by Gasteiger charge is 2.08. The number of unbranched alkanes of at least 4 members (excludes halogenated alkanes) is 5. The number of esters is 2. The lowest BCUT2D eigenvalue weighted by molar-refractivity contribution is -0.152. The van der Waals surface area contributed by atoms with Gasteiger partial charge in [0.05, 0.1) is 13.7 Å². The molecule has 1 rings (SSSR count). The molecule has 6 nitrogen and oxygen atoms in total. The molecule has 0 amide bonds. The molecule has 0 N–H and O–H groups in total. The molecule has 0 radical (unpaired) electrons. The molecular weight excluding hydrogens is 324 g/mol. The van der Waals surface area contributed by atoms with Crippen LogP contribution in [0, 0.1) is 0 Å². The Kier molecular flexibility index (Phi) is 11.1. The largest absolute Gasteiger partial charge is 0.497 e. The van der Waals surface area contributed by atoms with E-state index in [1.807, 2.05) is 0 Å². The number of benzene rings is 1. The summed E-state index contributed by atoms with van der Waals surface area (Å²) in [6.45, 7) is 2.00. The van der Waals surface area contributed by atoms with E-state index in [1.165, 1.54) is 25.7 Å². The summed E-state index contributed by atoms with van der Waals surface area (Å²) in [6.07, 6.45) is 6.77. The number of rotatable bonds is 13. The Morgan fingerprint density at radius 1 is 0.840 bits per heavy atom. The van der Waals surface area contributed by atoms with E-state index in [-0.39, 0.29) is 13.2 Å². The number of carbonyl (C=O) groups is 2. The maximum absolute atomic E-state index is 11.6. The van der Waals surface area contributed by atoms with Crippen LogP contribution in [-0.4, -0.2) is 38.9 Å². The van der Waals surface area contributed by atoms with Gasteiger partial charge in [-0.25, -0.2) is 9.59 Å². The topological polar surface area (TPSA) is 71.1 Å². The van der Waals surface area contributed by atoms with Gasteiger partial charge in [-0.1, -0.05) is 39.0 Å². The Bertz CT molecular complexity index is 497. The van der Waals surface area contributed by atoms with Gasteiger partial charge in [0, 0.05) is 0 Å². The fourth-order valence-electron chi connectivity index (χ4n) is 2.13. The van der Waals surface area contributed by atoms with Crippen molar-refractivity contribution in [2.45, 2.75) is 45.4 Å². The zero-order valence-corrected chi connectivity index (χ0v) is 15.1. The third-order valence-electron chi connectivity index (χ3n) is 3.49. The maximum atomic E-state index is 11.6. The molecule has 0 aromatic heterocycles. The van der Waals surface area contributed by atoms with E-state index in [0.29, 0.717) is 18.1 Å². The standard InChI is InChI=1S/C19H28O6/c1-3-4-5-6-7-8-13-24-18(20)14-23-15-19(21)25-17-11-9-16(22-2)10-12-17/h9-12H,3-8,13-15H2,1-2H3. The van der Waals surface area contributed by atoms with Crippen LogP contribution in [0.4, 0.5) is 0 Å². The molecule has 0 saturated heterocycles. The molecule has 1 aromatic rings. The van der Waals surface area contributed by atoms with Crippen molar-refractivity contribution < 1.29 is 28.5 Å². The van der Waals surface area contributed by atoms with Crippen LogP contribution in [-0.2, 0) is 19.1 Å². The highest BCUT2D eigenvalue weighted by Crippen LogP contribution is 2.17. The Balaban J connectivity index is 2.05. The monoisotopic (exact) mass is 352 g/mol. The summed E-state index contributed by atoms with van der Waals surface area (Å²) < 4.78 is 20.1. The van der Waals surface area contributed by atoms with Gasteiger partial charge in [0.1, 0.15) is 24.7 Å². The van der Waals surface area contributed by atoms with E-state index < -0.39 is 11.9 Å². The lowest BCUT2D eigenvalue weighted by atomic mass is 10.1. The molecule has 0 aliphatic carbocycles. The van der Waals surface area contributed by atoms with Crippen molar-refractivity contribution in [2.24, 2.45) is 0 Å². The Hall–Kier alpha value is -2.08. The first-order valence-corrected chi connectivity index (χ1v) is 8.73. The summed E-state index contributed by atoms with van der Waals surface area (Å²) in [4.78, 5) is 23.1. The van der Waals surface area contributed by atoms with Crippen molar-refractivity contribution in [2.75, 3.05) is 26.9 Å². The molecular formula is C19H28O6. The Morgan fingerprint density at radius 3 is 2.12 bits per heavy atom. The van der Waals surface area contributed by atoms with Gasteiger partial charge in [-0.05, 0) is 30.7 Å². The minimum Gasteiger partial charge on any atom is -0.497 e. The van der Waals surface area contributed by atoms with Gasteiger partial charge in [0.2, 0.25) is 0 Å². The number of hydrogen-bond acceptors (Lipinski definition) is 6. The lowest BCUT2D eigenvalue weighted by Gasteiger charge is -2.07. The summed E-state index contributed by atoms with van der Waals surface area (Å²) in [5.74, 6) is 0.0175. The molecule has 140 valence electrons. The van der Waals surface area contributed by atoms with Gasteiger partial charge in [0.15, 0.2) is 0 Å².